The Bertz CT molecular complexity index is 715. The minimum atomic E-state index is -0.156. The van der Waals surface area contributed by atoms with E-state index >= 15 is 0 Å². The first-order valence-electron chi connectivity index (χ1n) is 9.63. The number of allylic oxidation sites excluding steroid dienone is 2. The average molecular weight is 346 g/mol. The van der Waals surface area contributed by atoms with Gasteiger partial charge in [-0.15, -0.1) is 0 Å². The molecule has 2 atom stereocenters. The number of carbonyl (C=O) groups excluding carboxylic acids is 1. The van der Waals surface area contributed by atoms with Crippen molar-refractivity contribution in [1.29, 1.82) is 0 Å². The zero-order valence-electron chi connectivity index (χ0n) is 15.7. The largest absolute Gasteiger partial charge is 0.346 e. The van der Waals surface area contributed by atoms with Gasteiger partial charge < -0.3 is 4.90 Å². The molecule has 0 aromatic carbocycles. The first-order valence-corrected chi connectivity index (χ1v) is 9.63. The number of aromatic nitrogens is 3. The third-order valence-corrected chi connectivity index (χ3v) is 5.64. The van der Waals surface area contributed by atoms with Gasteiger partial charge >= 0.3 is 5.69 Å². The van der Waals surface area contributed by atoms with Gasteiger partial charge in [0.25, 0.3) is 0 Å². The SMILES string of the molecule is CCCCc1nn(CC(=O)N2C[C@H]3CC=C(C)C[C@H]3C2)c(=O)n1CC. The molecule has 6 nitrogen and oxygen atoms in total. The fourth-order valence-corrected chi connectivity index (χ4v) is 4.14. The van der Waals surface area contributed by atoms with Crippen LogP contribution in [0.5, 0.6) is 0 Å². The fraction of sp³-hybridized carbons (Fsp3) is 0.737. The van der Waals surface area contributed by atoms with Crippen molar-refractivity contribution in [3.63, 3.8) is 0 Å². The minimum Gasteiger partial charge on any atom is -0.340 e. The van der Waals surface area contributed by atoms with Crippen molar-refractivity contribution < 1.29 is 4.79 Å². The van der Waals surface area contributed by atoms with E-state index in [9.17, 15) is 9.59 Å². The summed E-state index contributed by atoms with van der Waals surface area (Å²) < 4.78 is 3.06. The predicted octanol–water partition coefficient (Wildman–Crippen LogP) is 2.22. The standard InChI is InChI=1S/C19H30N4O2/c1-4-6-7-17-20-23(19(25)22(17)5-2)13-18(24)21-11-15-9-8-14(3)10-16(15)12-21/h8,15-16H,4-7,9-13H2,1-3H3/t15-,16+/m1/s1. The number of amides is 1. The molecule has 0 spiro atoms. The van der Waals surface area contributed by atoms with Crippen LogP contribution in [-0.2, 0) is 24.3 Å². The summed E-state index contributed by atoms with van der Waals surface area (Å²) in [5.41, 5.74) is 1.28. The van der Waals surface area contributed by atoms with E-state index in [4.69, 9.17) is 0 Å². The second-order valence-electron chi connectivity index (χ2n) is 7.51. The van der Waals surface area contributed by atoms with Crippen LogP contribution in [0, 0.1) is 11.8 Å². The predicted molar refractivity (Wildman–Crippen MR) is 97.3 cm³/mol. The monoisotopic (exact) mass is 346 g/mol. The lowest BCUT2D eigenvalue weighted by Gasteiger charge is -2.21. The van der Waals surface area contributed by atoms with E-state index in [0.29, 0.717) is 18.4 Å². The Morgan fingerprint density at radius 1 is 1.28 bits per heavy atom. The molecule has 1 aliphatic heterocycles. The van der Waals surface area contributed by atoms with Gasteiger partial charge in [0.1, 0.15) is 12.4 Å². The highest BCUT2D eigenvalue weighted by atomic mass is 16.2. The minimum absolute atomic E-state index is 0.0250. The Kier molecular flexibility index (Phi) is 5.45. The van der Waals surface area contributed by atoms with Crippen LogP contribution in [-0.4, -0.2) is 38.2 Å². The zero-order valence-corrected chi connectivity index (χ0v) is 15.7. The van der Waals surface area contributed by atoms with Crippen molar-refractivity contribution in [3.05, 3.63) is 28.0 Å². The van der Waals surface area contributed by atoms with Crippen LogP contribution in [0.15, 0.2) is 16.4 Å². The number of fused-ring (bicyclic) bond motifs is 1. The molecule has 0 saturated carbocycles. The van der Waals surface area contributed by atoms with E-state index in [2.05, 4.69) is 25.0 Å². The van der Waals surface area contributed by atoms with Gasteiger partial charge in [-0.2, -0.15) is 5.10 Å². The lowest BCUT2D eigenvalue weighted by atomic mass is 9.83. The summed E-state index contributed by atoms with van der Waals surface area (Å²) in [5.74, 6) is 1.99. The summed E-state index contributed by atoms with van der Waals surface area (Å²) in [4.78, 5) is 27.2. The Labute approximate surface area is 149 Å². The molecule has 1 aliphatic carbocycles. The molecule has 1 aromatic heterocycles. The van der Waals surface area contributed by atoms with Crippen molar-refractivity contribution in [2.24, 2.45) is 11.8 Å². The van der Waals surface area contributed by atoms with Crippen molar-refractivity contribution >= 4 is 5.91 Å². The highest BCUT2D eigenvalue weighted by Gasteiger charge is 2.36. The summed E-state index contributed by atoms with van der Waals surface area (Å²) in [6.45, 7) is 8.56. The normalized spacial score (nSPS) is 22.8. The van der Waals surface area contributed by atoms with E-state index in [1.165, 1.54) is 10.3 Å². The Morgan fingerprint density at radius 3 is 2.76 bits per heavy atom. The summed E-state index contributed by atoms with van der Waals surface area (Å²) in [5, 5.41) is 4.44. The van der Waals surface area contributed by atoms with Crippen LogP contribution in [0.4, 0.5) is 0 Å². The second kappa shape index (κ2) is 7.58. The summed E-state index contributed by atoms with van der Waals surface area (Å²) in [7, 11) is 0. The number of hydrogen-bond acceptors (Lipinski definition) is 3. The molecule has 0 N–H and O–H groups in total. The summed E-state index contributed by atoms with van der Waals surface area (Å²) >= 11 is 0. The first-order chi connectivity index (χ1) is 12.0. The Hall–Kier alpha value is -1.85. The van der Waals surface area contributed by atoms with Gasteiger partial charge in [-0.25, -0.2) is 9.48 Å². The molecule has 1 aromatic rings. The molecule has 138 valence electrons. The zero-order chi connectivity index (χ0) is 18.0. The highest BCUT2D eigenvalue weighted by molar-refractivity contribution is 5.76. The summed E-state index contributed by atoms with van der Waals surface area (Å²) in [6.07, 6.45) is 7.34. The topological polar surface area (TPSA) is 60.1 Å². The molecule has 2 aliphatic rings. The fourth-order valence-electron chi connectivity index (χ4n) is 4.14. The Morgan fingerprint density at radius 2 is 2.04 bits per heavy atom. The van der Waals surface area contributed by atoms with Gasteiger partial charge in [0.05, 0.1) is 0 Å². The number of hydrogen-bond donors (Lipinski definition) is 0. The molecular weight excluding hydrogens is 316 g/mol. The maximum Gasteiger partial charge on any atom is 0.346 e. The van der Waals surface area contributed by atoms with Crippen LogP contribution in [0.3, 0.4) is 0 Å². The number of nitrogens with zero attached hydrogens (tertiary/aromatic N) is 4. The Balaban J connectivity index is 1.67. The van der Waals surface area contributed by atoms with E-state index in [1.807, 2.05) is 11.8 Å². The van der Waals surface area contributed by atoms with Gasteiger partial charge in [0, 0.05) is 26.1 Å². The van der Waals surface area contributed by atoms with Crippen LogP contribution >= 0.6 is 0 Å². The quantitative estimate of drug-likeness (QED) is 0.742. The third-order valence-electron chi connectivity index (χ3n) is 5.64. The second-order valence-corrected chi connectivity index (χ2v) is 7.51. The van der Waals surface area contributed by atoms with Crippen LogP contribution in [0.1, 0.15) is 52.3 Å². The molecule has 1 saturated heterocycles. The van der Waals surface area contributed by atoms with Gasteiger partial charge in [0.15, 0.2) is 0 Å². The number of likely N-dealkylation sites (tertiary alicyclic amines) is 1. The van der Waals surface area contributed by atoms with Crippen LogP contribution < -0.4 is 5.69 Å². The smallest absolute Gasteiger partial charge is 0.340 e. The molecule has 0 unspecified atom stereocenters. The van der Waals surface area contributed by atoms with E-state index in [1.54, 1.807) is 4.57 Å². The number of aryl methyl sites for hydroxylation is 1. The van der Waals surface area contributed by atoms with Crippen molar-refractivity contribution in [2.45, 2.75) is 66.0 Å². The third kappa shape index (κ3) is 3.72. The van der Waals surface area contributed by atoms with Crippen molar-refractivity contribution in [3.8, 4) is 0 Å². The van der Waals surface area contributed by atoms with Crippen molar-refractivity contribution in [1.82, 2.24) is 19.2 Å². The van der Waals surface area contributed by atoms with Crippen LogP contribution in [0.25, 0.3) is 0 Å². The molecule has 6 heteroatoms. The summed E-state index contributed by atoms with van der Waals surface area (Å²) in [6, 6.07) is 0. The lowest BCUT2D eigenvalue weighted by molar-refractivity contribution is -0.131. The highest BCUT2D eigenvalue weighted by Crippen LogP contribution is 2.35. The lowest BCUT2D eigenvalue weighted by Crippen LogP contribution is -2.36. The molecular formula is C19H30N4O2. The first kappa shape index (κ1) is 18.0. The van der Waals surface area contributed by atoms with Gasteiger partial charge in [0.2, 0.25) is 5.91 Å². The van der Waals surface area contributed by atoms with E-state index < -0.39 is 0 Å². The molecule has 25 heavy (non-hydrogen) atoms. The molecule has 2 heterocycles. The van der Waals surface area contributed by atoms with Crippen LogP contribution in [0.2, 0.25) is 0 Å². The maximum atomic E-state index is 12.7. The van der Waals surface area contributed by atoms with Crippen molar-refractivity contribution in [2.75, 3.05) is 13.1 Å². The van der Waals surface area contributed by atoms with Gasteiger partial charge in [-0.3, -0.25) is 9.36 Å². The van der Waals surface area contributed by atoms with Gasteiger partial charge in [-0.1, -0.05) is 25.0 Å². The van der Waals surface area contributed by atoms with Gasteiger partial charge in [-0.05, 0) is 44.9 Å². The molecule has 3 rings (SSSR count). The molecule has 1 fully saturated rings. The average Bonchev–Trinajstić information content (AvgIpc) is 3.14. The van der Waals surface area contributed by atoms with E-state index in [-0.39, 0.29) is 18.1 Å². The number of rotatable bonds is 6. The molecule has 0 radical (unpaired) electrons. The molecule has 0 bridgehead atoms. The number of carbonyl (C=O) groups is 1. The van der Waals surface area contributed by atoms with E-state index in [0.717, 1.165) is 51.0 Å². The molecule has 1 amide bonds. The maximum absolute atomic E-state index is 12.7. The number of unbranched alkanes of at least 4 members (excludes halogenated alkanes) is 1.